The second-order valence-electron chi connectivity index (χ2n) is 5.11. The van der Waals surface area contributed by atoms with Crippen LogP contribution < -0.4 is 5.32 Å². The van der Waals surface area contributed by atoms with Crippen molar-refractivity contribution in [1.29, 1.82) is 0 Å². The highest BCUT2D eigenvalue weighted by atomic mass is 16.4. The molecule has 0 aliphatic rings. The first-order chi connectivity index (χ1) is 5.64. The summed E-state index contributed by atoms with van der Waals surface area (Å²) in [7, 11) is 1.81. The SMILES string of the molecule is CNC(C(C)(C)C)C(C)(C)C(=O)O. The van der Waals surface area contributed by atoms with Gasteiger partial charge in [0.2, 0.25) is 0 Å². The Morgan fingerprint density at radius 3 is 1.69 bits per heavy atom. The molecule has 0 fully saturated rings. The van der Waals surface area contributed by atoms with Crippen LogP contribution in [0.3, 0.4) is 0 Å². The van der Waals surface area contributed by atoms with Gasteiger partial charge in [-0.25, -0.2) is 0 Å². The highest BCUT2D eigenvalue weighted by molar-refractivity contribution is 5.74. The first-order valence-electron chi connectivity index (χ1n) is 4.54. The van der Waals surface area contributed by atoms with Crippen molar-refractivity contribution in [1.82, 2.24) is 5.32 Å². The number of rotatable bonds is 3. The maximum Gasteiger partial charge on any atom is 0.310 e. The van der Waals surface area contributed by atoms with Crippen molar-refractivity contribution < 1.29 is 9.90 Å². The van der Waals surface area contributed by atoms with Gasteiger partial charge in [0, 0.05) is 6.04 Å². The standard InChI is InChI=1S/C10H21NO2/c1-9(2,3)7(11-6)10(4,5)8(12)13/h7,11H,1-6H3,(H,12,13). The largest absolute Gasteiger partial charge is 0.481 e. The third-order valence-electron chi connectivity index (χ3n) is 2.43. The summed E-state index contributed by atoms with van der Waals surface area (Å²) in [6.07, 6.45) is 0. The minimum atomic E-state index is -0.762. The highest BCUT2D eigenvalue weighted by Crippen LogP contribution is 2.33. The maximum atomic E-state index is 11.0. The monoisotopic (exact) mass is 187 g/mol. The van der Waals surface area contributed by atoms with E-state index in [0.717, 1.165) is 0 Å². The molecular weight excluding hydrogens is 166 g/mol. The lowest BCUT2D eigenvalue weighted by Crippen LogP contribution is -2.52. The van der Waals surface area contributed by atoms with E-state index in [-0.39, 0.29) is 11.5 Å². The fraction of sp³-hybridized carbons (Fsp3) is 0.900. The van der Waals surface area contributed by atoms with Gasteiger partial charge in [-0.2, -0.15) is 0 Å². The van der Waals surface area contributed by atoms with Crippen LogP contribution in [-0.2, 0) is 4.79 Å². The maximum absolute atomic E-state index is 11.0. The summed E-state index contributed by atoms with van der Waals surface area (Å²) < 4.78 is 0. The van der Waals surface area contributed by atoms with Gasteiger partial charge in [0.05, 0.1) is 5.41 Å². The predicted molar refractivity (Wildman–Crippen MR) is 53.7 cm³/mol. The van der Waals surface area contributed by atoms with Gasteiger partial charge >= 0.3 is 5.97 Å². The molecule has 0 rings (SSSR count). The molecule has 0 aliphatic heterocycles. The molecule has 2 N–H and O–H groups in total. The Balaban J connectivity index is 4.88. The van der Waals surface area contributed by atoms with E-state index in [1.165, 1.54) is 0 Å². The average Bonchev–Trinajstić information content (AvgIpc) is 1.83. The molecule has 0 radical (unpaired) electrons. The van der Waals surface area contributed by atoms with Gasteiger partial charge in [-0.05, 0) is 26.3 Å². The van der Waals surface area contributed by atoms with Crippen molar-refractivity contribution >= 4 is 5.97 Å². The second-order valence-corrected chi connectivity index (χ2v) is 5.11. The van der Waals surface area contributed by atoms with Crippen molar-refractivity contribution in [3.05, 3.63) is 0 Å². The van der Waals surface area contributed by atoms with Crippen molar-refractivity contribution in [2.24, 2.45) is 10.8 Å². The molecule has 0 aromatic rings. The van der Waals surface area contributed by atoms with E-state index in [2.05, 4.69) is 5.32 Å². The summed E-state index contributed by atoms with van der Waals surface area (Å²) in [5.41, 5.74) is -0.802. The molecule has 0 saturated heterocycles. The average molecular weight is 187 g/mol. The fourth-order valence-electron chi connectivity index (χ4n) is 2.00. The fourth-order valence-corrected chi connectivity index (χ4v) is 2.00. The summed E-state index contributed by atoms with van der Waals surface area (Å²) >= 11 is 0. The second kappa shape index (κ2) is 3.66. The number of carboxylic acids is 1. The molecule has 0 aromatic heterocycles. The predicted octanol–water partition coefficient (Wildman–Crippen LogP) is 1.73. The van der Waals surface area contributed by atoms with Crippen molar-refractivity contribution in [3.8, 4) is 0 Å². The molecule has 1 unspecified atom stereocenters. The molecule has 0 bridgehead atoms. The Morgan fingerprint density at radius 1 is 1.23 bits per heavy atom. The summed E-state index contributed by atoms with van der Waals surface area (Å²) in [6, 6.07) is -0.0440. The summed E-state index contributed by atoms with van der Waals surface area (Å²) in [6.45, 7) is 9.63. The number of hydrogen-bond acceptors (Lipinski definition) is 2. The Bertz CT molecular complexity index is 192. The number of carboxylic acid groups (broad SMARTS) is 1. The smallest absolute Gasteiger partial charge is 0.310 e. The van der Waals surface area contributed by atoms with Crippen LogP contribution in [0.4, 0.5) is 0 Å². The van der Waals surface area contributed by atoms with Crippen LogP contribution >= 0.6 is 0 Å². The Morgan fingerprint density at radius 2 is 1.62 bits per heavy atom. The van der Waals surface area contributed by atoms with Crippen molar-refractivity contribution in [3.63, 3.8) is 0 Å². The van der Waals surface area contributed by atoms with Gasteiger partial charge in [0.15, 0.2) is 0 Å². The lowest BCUT2D eigenvalue weighted by atomic mass is 9.71. The van der Waals surface area contributed by atoms with Gasteiger partial charge in [-0.3, -0.25) is 4.79 Å². The number of aliphatic carboxylic acids is 1. The zero-order valence-electron chi connectivity index (χ0n) is 9.43. The zero-order chi connectivity index (χ0) is 10.9. The van der Waals surface area contributed by atoms with Crippen LogP contribution in [0.15, 0.2) is 0 Å². The molecule has 0 saturated carbocycles. The van der Waals surface area contributed by atoms with E-state index >= 15 is 0 Å². The minimum absolute atomic E-state index is 0.0440. The Hall–Kier alpha value is -0.570. The van der Waals surface area contributed by atoms with E-state index in [4.69, 9.17) is 5.11 Å². The molecule has 13 heavy (non-hydrogen) atoms. The lowest BCUT2D eigenvalue weighted by Gasteiger charge is -2.39. The van der Waals surface area contributed by atoms with Gasteiger partial charge in [-0.1, -0.05) is 20.8 Å². The molecule has 0 aliphatic carbocycles. The zero-order valence-corrected chi connectivity index (χ0v) is 9.43. The summed E-state index contributed by atoms with van der Waals surface area (Å²) in [5, 5.41) is 12.1. The number of hydrogen-bond donors (Lipinski definition) is 2. The van der Waals surface area contributed by atoms with Crippen LogP contribution in [0.5, 0.6) is 0 Å². The normalized spacial score (nSPS) is 15.5. The van der Waals surface area contributed by atoms with Crippen LogP contribution in [0, 0.1) is 10.8 Å². The van der Waals surface area contributed by atoms with Gasteiger partial charge in [-0.15, -0.1) is 0 Å². The van der Waals surface area contributed by atoms with Gasteiger partial charge in [0.25, 0.3) is 0 Å². The minimum Gasteiger partial charge on any atom is -0.481 e. The lowest BCUT2D eigenvalue weighted by molar-refractivity contribution is -0.150. The molecule has 0 spiro atoms. The molecule has 0 amide bonds. The third-order valence-corrected chi connectivity index (χ3v) is 2.43. The Labute approximate surface area is 80.5 Å². The first kappa shape index (κ1) is 12.4. The number of carbonyl (C=O) groups is 1. The Kier molecular flexibility index (Phi) is 3.50. The molecule has 78 valence electrons. The summed E-state index contributed by atoms with van der Waals surface area (Å²) in [5.74, 6) is -0.762. The van der Waals surface area contributed by atoms with Crippen molar-refractivity contribution in [2.45, 2.75) is 40.7 Å². The van der Waals surface area contributed by atoms with E-state index in [0.29, 0.717) is 0 Å². The van der Waals surface area contributed by atoms with E-state index in [1.807, 2.05) is 20.8 Å². The van der Waals surface area contributed by atoms with Gasteiger partial charge in [0.1, 0.15) is 0 Å². The van der Waals surface area contributed by atoms with Crippen LogP contribution in [0.1, 0.15) is 34.6 Å². The van der Waals surface area contributed by atoms with Crippen LogP contribution in [0.25, 0.3) is 0 Å². The molecule has 0 aromatic carbocycles. The summed E-state index contributed by atoms with van der Waals surface area (Å²) in [4.78, 5) is 11.0. The topological polar surface area (TPSA) is 49.3 Å². The highest BCUT2D eigenvalue weighted by Gasteiger charge is 2.42. The molecule has 1 atom stereocenters. The number of nitrogens with one attached hydrogen (secondary N) is 1. The van der Waals surface area contributed by atoms with Gasteiger partial charge < -0.3 is 10.4 Å². The van der Waals surface area contributed by atoms with Crippen LogP contribution in [0.2, 0.25) is 0 Å². The van der Waals surface area contributed by atoms with Crippen LogP contribution in [-0.4, -0.2) is 24.2 Å². The quantitative estimate of drug-likeness (QED) is 0.707. The van der Waals surface area contributed by atoms with E-state index < -0.39 is 11.4 Å². The van der Waals surface area contributed by atoms with Crippen molar-refractivity contribution in [2.75, 3.05) is 7.05 Å². The molecule has 3 heteroatoms. The first-order valence-corrected chi connectivity index (χ1v) is 4.54. The molecule has 0 heterocycles. The van der Waals surface area contributed by atoms with E-state index in [9.17, 15) is 4.79 Å². The third kappa shape index (κ3) is 2.69. The molecular formula is C10H21NO2. The molecule has 3 nitrogen and oxygen atoms in total. The van der Waals surface area contributed by atoms with E-state index in [1.54, 1.807) is 20.9 Å².